The van der Waals surface area contributed by atoms with Gasteiger partial charge in [0.2, 0.25) is 0 Å². The predicted octanol–water partition coefficient (Wildman–Crippen LogP) is 6.37. The van der Waals surface area contributed by atoms with Crippen LogP contribution in [-0.2, 0) is 0 Å². The lowest BCUT2D eigenvalue weighted by Gasteiger charge is -2.34. The van der Waals surface area contributed by atoms with Crippen LogP contribution in [0.1, 0.15) is 69.9 Å². The Balaban J connectivity index is 1.66. The first-order valence-corrected chi connectivity index (χ1v) is 10.5. The van der Waals surface area contributed by atoms with Crippen LogP contribution in [0.5, 0.6) is 0 Å². The number of unbranched alkanes of at least 4 members (excludes halogenated alkanes) is 1. The molecule has 2 N–H and O–H groups in total. The first-order chi connectivity index (χ1) is 13.4. The maximum absolute atomic E-state index is 4.34. The van der Waals surface area contributed by atoms with E-state index in [4.69, 9.17) is 0 Å². The predicted molar refractivity (Wildman–Crippen MR) is 124 cm³/mol. The zero-order chi connectivity index (χ0) is 20.4. The van der Waals surface area contributed by atoms with Gasteiger partial charge in [0.1, 0.15) is 0 Å². The lowest BCUT2D eigenvalue weighted by atomic mass is 9.72. The number of nitrogens with zero attached hydrogens (tertiary/aromatic N) is 1. The van der Waals surface area contributed by atoms with Crippen molar-refractivity contribution in [2.75, 3.05) is 7.05 Å². The molecule has 0 heterocycles. The van der Waals surface area contributed by atoms with Gasteiger partial charge in [-0.25, -0.2) is 0 Å². The fourth-order valence-corrected chi connectivity index (χ4v) is 3.57. The standard InChI is InChI=1S/C25H37N3/c1-20(26-5)9-10-23-11-13-24(14-12-23)21(2)28-27-19-7-6-8-22-15-17-25(3,4)18-16-22/h9-14,19,22,26,28H,1-2,6-8,15-18H2,3-5H3/b10-9+,27-19+. The highest BCUT2D eigenvalue weighted by atomic mass is 15.3. The van der Waals surface area contributed by atoms with Crippen molar-refractivity contribution in [3.8, 4) is 0 Å². The Morgan fingerprint density at radius 2 is 1.86 bits per heavy atom. The van der Waals surface area contributed by atoms with E-state index in [1.54, 1.807) is 0 Å². The van der Waals surface area contributed by atoms with E-state index in [1.165, 1.54) is 38.5 Å². The Labute approximate surface area is 171 Å². The molecular weight excluding hydrogens is 342 g/mol. The fourth-order valence-electron chi connectivity index (χ4n) is 3.57. The van der Waals surface area contributed by atoms with Crippen molar-refractivity contribution in [1.82, 2.24) is 10.7 Å². The van der Waals surface area contributed by atoms with Crippen molar-refractivity contribution in [1.29, 1.82) is 0 Å². The summed E-state index contributed by atoms with van der Waals surface area (Å²) in [6.07, 6.45) is 15.1. The Morgan fingerprint density at radius 1 is 1.18 bits per heavy atom. The SMILES string of the molecule is C=C(/C=C/c1ccc(C(=C)N/N=C/CCCC2CCC(C)(C)CC2)cc1)NC. The van der Waals surface area contributed by atoms with Crippen LogP contribution in [0, 0.1) is 11.3 Å². The third-order valence-electron chi connectivity index (χ3n) is 5.75. The van der Waals surface area contributed by atoms with Crippen LogP contribution in [0.2, 0.25) is 0 Å². The van der Waals surface area contributed by atoms with Gasteiger partial charge in [0, 0.05) is 19.0 Å². The first-order valence-electron chi connectivity index (χ1n) is 10.5. The summed E-state index contributed by atoms with van der Waals surface area (Å²) in [5, 5.41) is 7.34. The van der Waals surface area contributed by atoms with Crippen LogP contribution in [-0.4, -0.2) is 13.3 Å². The molecule has 152 valence electrons. The zero-order valence-corrected chi connectivity index (χ0v) is 17.9. The van der Waals surface area contributed by atoms with E-state index in [1.807, 2.05) is 25.4 Å². The molecule has 0 amide bonds. The third kappa shape index (κ3) is 7.75. The smallest absolute Gasteiger partial charge is 0.0562 e. The molecule has 0 aliphatic heterocycles. The number of allylic oxidation sites excluding steroid dienone is 1. The fraction of sp³-hybridized carbons (Fsp3) is 0.480. The van der Waals surface area contributed by atoms with Gasteiger partial charge in [0.15, 0.2) is 0 Å². The second kappa shape index (κ2) is 10.9. The normalized spacial score (nSPS) is 17.1. The summed E-state index contributed by atoms with van der Waals surface area (Å²) in [5.74, 6) is 0.919. The molecule has 0 radical (unpaired) electrons. The number of benzene rings is 1. The monoisotopic (exact) mass is 379 g/mol. The van der Waals surface area contributed by atoms with Crippen LogP contribution in [0.15, 0.2) is 54.3 Å². The van der Waals surface area contributed by atoms with Gasteiger partial charge in [0.05, 0.1) is 5.70 Å². The molecule has 1 aromatic carbocycles. The van der Waals surface area contributed by atoms with Crippen LogP contribution in [0.3, 0.4) is 0 Å². The number of hydrogen-bond acceptors (Lipinski definition) is 3. The van der Waals surface area contributed by atoms with E-state index in [0.29, 0.717) is 5.41 Å². The van der Waals surface area contributed by atoms with Crippen molar-refractivity contribution in [3.63, 3.8) is 0 Å². The molecule has 1 aliphatic rings. The van der Waals surface area contributed by atoms with Crippen molar-refractivity contribution >= 4 is 18.0 Å². The van der Waals surface area contributed by atoms with Gasteiger partial charge in [-0.3, -0.25) is 5.43 Å². The third-order valence-corrected chi connectivity index (χ3v) is 5.75. The maximum atomic E-state index is 4.34. The zero-order valence-electron chi connectivity index (χ0n) is 17.9. The average Bonchev–Trinajstić information content (AvgIpc) is 2.70. The highest BCUT2D eigenvalue weighted by molar-refractivity contribution is 5.65. The highest BCUT2D eigenvalue weighted by Crippen LogP contribution is 2.39. The van der Waals surface area contributed by atoms with Crippen molar-refractivity contribution in [2.24, 2.45) is 16.4 Å². The molecule has 1 saturated carbocycles. The number of rotatable bonds is 10. The molecular formula is C25H37N3. The van der Waals surface area contributed by atoms with Gasteiger partial charge in [0.25, 0.3) is 0 Å². The quantitative estimate of drug-likeness (QED) is 0.215. The van der Waals surface area contributed by atoms with Crippen LogP contribution in [0.4, 0.5) is 0 Å². The van der Waals surface area contributed by atoms with Crippen molar-refractivity contribution < 1.29 is 0 Å². The van der Waals surface area contributed by atoms with Gasteiger partial charge in [-0.2, -0.15) is 5.10 Å². The minimum atomic E-state index is 0.567. The molecule has 0 bridgehead atoms. The minimum Gasteiger partial charge on any atom is -0.389 e. The molecule has 0 aromatic heterocycles. The largest absolute Gasteiger partial charge is 0.389 e. The van der Waals surface area contributed by atoms with E-state index >= 15 is 0 Å². The molecule has 1 fully saturated rings. The number of nitrogens with one attached hydrogen (secondary N) is 2. The molecule has 0 unspecified atom stereocenters. The van der Waals surface area contributed by atoms with Crippen LogP contribution in [0.25, 0.3) is 11.8 Å². The van der Waals surface area contributed by atoms with Gasteiger partial charge in [-0.15, -0.1) is 0 Å². The molecule has 28 heavy (non-hydrogen) atoms. The Kier molecular flexibility index (Phi) is 8.56. The summed E-state index contributed by atoms with van der Waals surface area (Å²) in [6.45, 7) is 12.8. The van der Waals surface area contributed by atoms with Gasteiger partial charge >= 0.3 is 0 Å². The van der Waals surface area contributed by atoms with Crippen LogP contribution < -0.4 is 10.7 Å². The summed E-state index contributed by atoms with van der Waals surface area (Å²) in [5.41, 5.74) is 7.51. The molecule has 0 spiro atoms. The summed E-state index contributed by atoms with van der Waals surface area (Å²) < 4.78 is 0. The van der Waals surface area contributed by atoms with Gasteiger partial charge in [-0.05, 0) is 67.1 Å². The summed E-state index contributed by atoms with van der Waals surface area (Å²) >= 11 is 0. The molecule has 1 aliphatic carbocycles. The summed E-state index contributed by atoms with van der Waals surface area (Å²) in [6, 6.07) is 8.24. The van der Waals surface area contributed by atoms with Gasteiger partial charge in [-0.1, -0.05) is 63.8 Å². The second-order valence-corrected chi connectivity index (χ2v) is 8.67. The highest BCUT2D eigenvalue weighted by Gasteiger charge is 2.26. The topological polar surface area (TPSA) is 36.4 Å². The van der Waals surface area contributed by atoms with E-state index in [9.17, 15) is 0 Å². The van der Waals surface area contributed by atoms with E-state index in [2.05, 4.69) is 67.1 Å². The first kappa shape index (κ1) is 22.0. The molecule has 0 atom stereocenters. The van der Waals surface area contributed by atoms with E-state index < -0.39 is 0 Å². The molecule has 0 saturated heterocycles. The molecule has 1 aromatic rings. The number of hydrogen-bond donors (Lipinski definition) is 2. The average molecular weight is 380 g/mol. The molecule has 3 heteroatoms. The van der Waals surface area contributed by atoms with Crippen molar-refractivity contribution in [2.45, 2.75) is 58.8 Å². The summed E-state index contributed by atoms with van der Waals surface area (Å²) in [7, 11) is 1.86. The lowest BCUT2D eigenvalue weighted by Crippen LogP contribution is -2.21. The minimum absolute atomic E-state index is 0.567. The Bertz CT molecular complexity index is 685. The second-order valence-electron chi connectivity index (χ2n) is 8.67. The van der Waals surface area contributed by atoms with Crippen molar-refractivity contribution in [3.05, 3.63) is 60.3 Å². The molecule has 2 rings (SSSR count). The maximum Gasteiger partial charge on any atom is 0.0562 e. The molecule has 3 nitrogen and oxygen atoms in total. The lowest BCUT2D eigenvalue weighted by molar-refractivity contribution is 0.184. The van der Waals surface area contributed by atoms with Gasteiger partial charge < -0.3 is 5.32 Å². The number of hydrazone groups is 1. The summed E-state index contributed by atoms with van der Waals surface area (Å²) in [4.78, 5) is 0. The Morgan fingerprint density at radius 3 is 2.50 bits per heavy atom. The van der Waals surface area contributed by atoms with E-state index in [0.717, 1.165) is 34.9 Å². The number of likely N-dealkylation sites (N-methyl/N-ethyl adjacent to an activating group) is 1. The van der Waals surface area contributed by atoms with E-state index in [-0.39, 0.29) is 0 Å². The Hall–Kier alpha value is -2.29. The van der Waals surface area contributed by atoms with Crippen LogP contribution >= 0.6 is 0 Å².